The van der Waals surface area contributed by atoms with Gasteiger partial charge >= 0.3 is 0 Å². The summed E-state index contributed by atoms with van der Waals surface area (Å²) in [6.45, 7) is 4.26. The van der Waals surface area contributed by atoms with E-state index in [1.165, 1.54) is 10.4 Å². The number of sulfonamides is 2. The molecule has 1 heterocycles. The first-order chi connectivity index (χ1) is 17.1. The predicted octanol–water partition coefficient (Wildman–Crippen LogP) is 3.88. The molecule has 1 fully saturated rings. The summed E-state index contributed by atoms with van der Waals surface area (Å²) in [5.41, 5.74) is 1.91. The number of benzene rings is 3. The van der Waals surface area contributed by atoms with Crippen molar-refractivity contribution in [1.29, 1.82) is 0 Å². The van der Waals surface area contributed by atoms with E-state index < -0.39 is 20.0 Å². The van der Waals surface area contributed by atoms with Crippen LogP contribution in [0.2, 0.25) is 0 Å². The highest BCUT2D eigenvalue weighted by atomic mass is 32.2. The average molecular weight is 530 g/mol. The summed E-state index contributed by atoms with van der Waals surface area (Å²) in [5.74, 6) is -0.168. The van der Waals surface area contributed by atoms with E-state index in [0.717, 1.165) is 5.56 Å². The first kappa shape index (κ1) is 26.3. The van der Waals surface area contributed by atoms with Gasteiger partial charge in [-0.25, -0.2) is 25.9 Å². The molecule has 3 aromatic carbocycles. The minimum atomic E-state index is -3.88. The number of rotatable bonds is 8. The molecule has 1 aliphatic heterocycles. The molecule has 1 aliphatic rings. The minimum Gasteiger partial charge on any atom is -0.321 e. The topological polar surface area (TPSA) is 113 Å². The van der Waals surface area contributed by atoms with Gasteiger partial charge in [-0.3, -0.25) is 4.79 Å². The van der Waals surface area contributed by atoms with Crippen molar-refractivity contribution in [2.75, 3.05) is 24.2 Å². The maximum atomic E-state index is 13.4. The SMILES string of the molecule is CCCS(=O)(=O)N1CCC(NS(=O)(=O)c2ccc(NC(=O)c3ccccc3C)c3ccccc23)CC1. The number of fused-ring (bicyclic) bond motifs is 1. The smallest absolute Gasteiger partial charge is 0.255 e. The summed E-state index contributed by atoms with van der Waals surface area (Å²) in [6.07, 6.45) is 1.36. The Morgan fingerprint density at radius 2 is 1.56 bits per heavy atom. The third-order valence-electron chi connectivity index (χ3n) is 6.44. The molecule has 0 unspecified atom stereocenters. The van der Waals surface area contributed by atoms with E-state index in [2.05, 4.69) is 10.0 Å². The molecule has 0 aliphatic carbocycles. The average Bonchev–Trinajstić information content (AvgIpc) is 2.84. The van der Waals surface area contributed by atoms with Gasteiger partial charge in [0.05, 0.1) is 10.6 Å². The lowest BCUT2D eigenvalue weighted by Crippen LogP contribution is -2.47. The van der Waals surface area contributed by atoms with Crippen molar-refractivity contribution in [1.82, 2.24) is 9.03 Å². The van der Waals surface area contributed by atoms with E-state index in [1.54, 1.807) is 42.5 Å². The molecule has 8 nitrogen and oxygen atoms in total. The summed E-state index contributed by atoms with van der Waals surface area (Å²) in [4.78, 5) is 13.0. The predicted molar refractivity (Wildman–Crippen MR) is 142 cm³/mol. The lowest BCUT2D eigenvalue weighted by Gasteiger charge is -2.31. The van der Waals surface area contributed by atoms with Crippen molar-refractivity contribution in [2.24, 2.45) is 0 Å². The molecule has 1 amide bonds. The Labute approximate surface area is 212 Å². The highest BCUT2D eigenvalue weighted by Crippen LogP contribution is 2.30. The maximum absolute atomic E-state index is 13.4. The number of anilines is 1. The number of carbonyl (C=O) groups excluding carboxylic acids is 1. The van der Waals surface area contributed by atoms with Crippen LogP contribution in [0.1, 0.15) is 42.1 Å². The lowest BCUT2D eigenvalue weighted by molar-refractivity contribution is 0.102. The fourth-order valence-corrected chi connectivity index (χ4v) is 7.61. The molecule has 0 bridgehead atoms. The molecular formula is C26H31N3O5S2. The molecule has 2 N–H and O–H groups in total. The second-order valence-corrected chi connectivity index (χ2v) is 12.8. The molecule has 0 spiro atoms. The van der Waals surface area contributed by atoms with Crippen LogP contribution in [-0.2, 0) is 20.0 Å². The van der Waals surface area contributed by atoms with Crippen LogP contribution in [-0.4, -0.2) is 51.9 Å². The van der Waals surface area contributed by atoms with Crippen molar-refractivity contribution in [2.45, 2.75) is 44.0 Å². The highest BCUT2D eigenvalue weighted by molar-refractivity contribution is 7.89. The lowest BCUT2D eigenvalue weighted by atomic mass is 10.1. The zero-order valence-corrected chi connectivity index (χ0v) is 22.0. The summed E-state index contributed by atoms with van der Waals surface area (Å²) in [7, 11) is -7.18. The van der Waals surface area contributed by atoms with Crippen LogP contribution in [0.4, 0.5) is 5.69 Å². The molecule has 4 rings (SSSR count). The number of hydrogen-bond acceptors (Lipinski definition) is 5. The molecule has 0 radical (unpaired) electrons. The standard InChI is InChI=1S/C26H31N3O5S2/c1-3-18-35(31,32)29-16-14-20(15-17-29)28-36(33,34)25-13-12-24(22-10-6-7-11-23(22)25)27-26(30)21-9-5-4-8-19(21)2/h4-13,20,28H,3,14-18H2,1-2H3,(H,27,30). The Morgan fingerprint density at radius 3 is 2.22 bits per heavy atom. The Hall–Kier alpha value is -2.79. The van der Waals surface area contributed by atoms with Gasteiger partial charge in [-0.05, 0) is 49.9 Å². The van der Waals surface area contributed by atoms with E-state index >= 15 is 0 Å². The van der Waals surface area contributed by atoms with E-state index in [9.17, 15) is 21.6 Å². The summed E-state index contributed by atoms with van der Waals surface area (Å²) < 4.78 is 55.6. The fraction of sp³-hybridized carbons (Fsp3) is 0.346. The first-order valence-electron chi connectivity index (χ1n) is 12.0. The van der Waals surface area contributed by atoms with E-state index in [0.29, 0.717) is 54.4 Å². The number of nitrogens with zero attached hydrogens (tertiary/aromatic N) is 1. The van der Waals surface area contributed by atoms with E-state index in [1.807, 2.05) is 26.0 Å². The zero-order valence-electron chi connectivity index (χ0n) is 20.4. The summed E-state index contributed by atoms with van der Waals surface area (Å²) in [5, 5.41) is 4.02. The highest BCUT2D eigenvalue weighted by Gasteiger charge is 2.30. The largest absolute Gasteiger partial charge is 0.321 e. The van der Waals surface area contributed by atoms with Crippen LogP contribution in [0, 0.1) is 6.92 Å². The Morgan fingerprint density at radius 1 is 0.917 bits per heavy atom. The van der Waals surface area contributed by atoms with Crippen molar-refractivity contribution in [3.8, 4) is 0 Å². The van der Waals surface area contributed by atoms with Crippen LogP contribution in [0.5, 0.6) is 0 Å². The molecule has 0 atom stereocenters. The summed E-state index contributed by atoms with van der Waals surface area (Å²) in [6, 6.07) is 17.0. The Kier molecular flexibility index (Phi) is 7.79. The Balaban J connectivity index is 1.55. The number of hydrogen-bond donors (Lipinski definition) is 2. The fourth-order valence-electron chi connectivity index (χ4n) is 4.55. The van der Waals surface area contributed by atoms with E-state index in [-0.39, 0.29) is 22.6 Å². The van der Waals surface area contributed by atoms with E-state index in [4.69, 9.17) is 0 Å². The minimum absolute atomic E-state index is 0.0993. The number of piperidine rings is 1. The second kappa shape index (κ2) is 10.7. The van der Waals surface area contributed by atoms with Gasteiger partial charge in [-0.2, -0.15) is 0 Å². The van der Waals surface area contributed by atoms with Crippen LogP contribution >= 0.6 is 0 Å². The van der Waals surface area contributed by atoms with Crippen LogP contribution in [0.3, 0.4) is 0 Å². The summed E-state index contributed by atoms with van der Waals surface area (Å²) >= 11 is 0. The molecule has 1 saturated heterocycles. The van der Waals surface area contributed by atoms with Crippen molar-refractivity contribution < 1.29 is 21.6 Å². The number of carbonyl (C=O) groups is 1. The van der Waals surface area contributed by atoms with Gasteiger partial charge in [0.15, 0.2) is 0 Å². The van der Waals surface area contributed by atoms with Crippen molar-refractivity contribution in [3.05, 3.63) is 71.8 Å². The Bertz CT molecular complexity index is 1480. The first-order valence-corrected chi connectivity index (χ1v) is 15.1. The monoisotopic (exact) mass is 529 g/mol. The molecular weight excluding hydrogens is 498 g/mol. The third kappa shape index (κ3) is 5.62. The zero-order chi connectivity index (χ0) is 25.9. The number of nitrogens with one attached hydrogen (secondary N) is 2. The second-order valence-electron chi connectivity index (χ2n) is 9.04. The molecule has 0 aromatic heterocycles. The van der Waals surface area contributed by atoms with Crippen LogP contribution in [0.15, 0.2) is 65.6 Å². The van der Waals surface area contributed by atoms with Crippen molar-refractivity contribution in [3.63, 3.8) is 0 Å². The van der Waals surface area contributed by atoms with Gasteiger partial charge in [0.25, 0.3) is 5.91 Å². The number of amides is 1. The van der Waals surface area contributed by atoms with Gasteiger partial charge in [0.2, 0.25) is 20.0 Å². The van der Waals surface area contributed by atoms with Gasteiger partial charge < -0.3 is 5.32 Å². The number of aryl methyl sites for hydroxylation is 1. The molecule has 3 aromatic rings. The molecule has 36 heavy (non-hydrogen) atoms. The van der Waals surface area contributed by atoms with Crippen molar-refractivity contribution >= 4 is 42.4 Å². The normalized spacial score (nSPS) is 15.7. The quantitative estimate of drug-likeness (QED) is 0.460. The van der Waals surface area contributed by atoms with Gasteiger partial charge in [0, 0.05) is 41.2 Å². The maximum Gasteiger partial charge on any atom is 0.255 e. The van der Waals surface area contributed by atoms with Crippen LogP contribution in [0.25, 0.3) is 10.8 Å². The molecule has 10 heteroatoms. The third-order valence-corrected chi connectivity index (χ3v) is 10.1. The molecule has 0 saturated carbocycles. The van der Waals surface area contributed by atoms with Gasteiger partial charge in [-0.1, -0.05) is 49.4 Å². The molecule has 192 valence electrons. The van der Waals surface area contributed by atoms with Gasteiger partial charge in [-0.15, -0.1) is 0 Å². The van der Waals surface area contributed by atoms with Gasteiger partial charge in [0.1, 0.15) is 0 Å². The van der Waals surface area contributed by atoms with Crippen LogP contribution < -0.4 is 10.0 Å².